The SMILES string of the molecule is CCOC(Br)C(C)(C)COc1ccccc1. The highest BCUT2D eigenvalue weighted by atomic mass is 79.9. The molecule has 0 spiro atoms. The molecule has 0 aliphatic rings. The average Bonchev–Trinajstić information content (AvgIpc) is 2.28. The van der Waals surface area contributed by atoms with Crippen LogP contribution in [0.5, 0.6) is 5.75 Å². The molecule has 0 aliphatic heterocycles. The topological polar surface area (TPSA) is 18.5 Å². The quantitative estimate of drug-likeness (QED) is 0.740. The highest BCUT2D eigenvalue weighted by Crippen LogP contribution is 2.28. The average molecular weight is 287 g/mol. The summed E-state index contributed by atoms with van der Waals surface area (Å²) < 4.78 is 11.3. The van der Waals surface area contributed by atoms with E-state index in [1.807, 2.05) is 37.3 Å². The first kappa shape index (κ1) is 13.5. The molecule has 1 aromatic carbocycles. The van der Waals surface area contributed by atoms with Crippen LogP contribution in [0.25, 0.3) is 0 Å². The smallest absolute Gasteiger partial charge is 0.120 e. The lowest BCUT2D eigenvalue weighted by Gasteiger charge is -2.29. The standard InChI is InChI=1S/C13H19BrO2/c1-4-15-12(14)13(2,3)10-16-11-8-6-5-7-9-11/h5-9,12H,4,10H2,1-3H3. The molecule has 0 aromatic heterocycles. The minimum absolute atomic E-state index is 0.00807. The van der Waals surface area contributed by atoms with Gasteiger partial charge in [-0.1, -0.05) is 48.0 Å². The molecule has 0 bridgehead atoms. The zero-order chi connectivity index (χ0) is 12.0. The van der Waals surface area contributed by atoms with E-state index in [-0.39, 0.29) is 10.4 Å². The van der Waals surface area contributed by atoms with Gasteiger partial charge in [0.25, 0.3) is 0 Å². The molecule has 0 saturated heterocycles. The van der Waals surface area contributed by atoms with Crippen LogP contribution in [0.4, 0.5) is 0 Å². The van der Waals surface area contributed by atoms with Crippen LogP contribution in [0.2, 0.25) is 0 Å². The van der Waals surface area contributed by atoms with Crippen LogP contribution in [0.3, 0.4) is 0 Å². The number of rotatable bonds is 6. The summed E-state index contributed by atoms with van der Waals surface area (Å²) in [7, 11) is 0. The van der Waals surface area contributed by atoms with E-state index in [1.165, 1.54) is 0 Å². The zero-order valence-electron chi connectivity index (χ0n) is 10.1. The van der Waals surface area contributed by atoms with E-state index >= 15 is 0 Å². The molecule has 1 aromatic rings. The fourth-order valence-corrected chi connectivity index (χ4v) is 1.62. The minimum Gasteiger partial charge on any atom is -0.493 e. The molecule has 0 aliphatic carbocycles. The maximum atomic E-state index is 5.73. The summed E-state index contributed by atoms with van der Waals surface area (Å²) in [5.41, 5.74) is -0.0636. The maximum Gasteiger partial charge on any atom is 0.120 e. The van der Waals surface area contributed by atoms with Crippen LogP contribution in [0.1, 0.15) is 20.8 Å². The highest BCUT2D eigenvalue weighted by Gasteiger charge is 2.28. The van der Waals surface area contributed by atoms with E-state index in [0.717, 1.165) is 5.75 Å². The predicted molar refractivity (Wildman–Crippen MR) is 70.1 cm³/mol. The van der Waals surface area contributed by atoms with Gasteiger partial charge in [-0.2, -0.15) is 0 Å². The van der Waals surface area contributed by atoms with Gasteiger partial charge in [0.2, 0.25) is 0 Å². The van der Waals surface area contributed by atoms with Crippen LogP contribution in [0.15, 0.2) is 30.3 Å². The van der Waals surface area contributed by atoms with Crippen molar-refractivity contribution in [2.45, 2.75) is 25.8 Å². The summed E-state index contributed by atoms with van der Waals surface area (Å²) in [6.45, 7) is 7.54. The molecule has 90 valence electrons. The van der Waals surface area contributed by atoms with E-state index in [9.17, 15) is 0 Å². The van der Waals surface area contributed by atoms with Crippen molar-refractivity contribution >= 4 is 15.9 Å². The molecule has 0 fully saturated rings. The Morgan fingerprint density at radius 3 is 2.44 bits per heavy atom. The first-order valence-electron chi connectivity index (χ1n) is 5.50. The molecule has 0 radical (unpaired) electrons. The Labute approximate surface area is 106 Å². The van der Waals surface area contributed by atoms with Gasteiger partial charge in [-0.15, -0.1) is 0 Å². The predicted octanol–water partition coefficient (Wildman–Crippen LogP) is 3.85. The highest BCUT2D eigenvalue weighted by molar-refractivity contribution is 9.09. The summed E-state index contributed by atoms with van der Waals surface area (Å²) >= 11 is 3.53. The molecule has 1 unspecified atom stereocenters. The third kappa shape index (κ3) is 4.14. The number of hydrogen-bond donors (Lipinski definition) is 0. The lowest BCUT2D eigenvalue weighted by Crippen LogP contribution is -2.33. The van der Waals surface area contributed by atoms with Gasteiger partial charge in [0.1, 0.15) is 10.8 Å². The molecule has 0 saturated carbocycles. The Bertz CT molecular complexity index is 298. The molecule has 0 heterocycles. The zero-order valence-corrected chi connectivity index (χ0v) is 11.7. The lowest BCUT2D eigenvalue weighted by molar-refractivity contribution is 0.0210. The van der Waals surface area contributed by atoms with Crippen LogP contribution in [0, 0.1) is 5.41 Å². The second kappa shape index (κ2) is 6.26. The molecule has 3 heteroatoms. The second-order valence-corrected chi connectivity index (χ2v) is 5.19. The maximum absolute atomic E-state index is 5.73. The molecule has 1 rings (SSSR count). The van der Waals surface area contributed by atoms with Crippen molar-refractivity contribution < 1.29 is 9.47 Å². The van der Waals surface area contributed by atoms with Gasteiger partial charge in [0.15, 0.2) is 0 Å². The normalized spacial score (nSPS) is 13.5. The van der Waals surface area contributed by atoms with Crippen molar-refractivity contribution in [2.75, 3.05) is 13.2 Å². The molecule has 2 nitrogen and oxygen atoms in total. The van der Waals surface area contributed by atoms with E-state index in [1.54, 1.807) is 0 Å². The fraction of sp³-hybridized carbons (Fsp3) is 0.538. The number of para-hydroxylation sites is 1. The Kier molecular flexibility index (Phi) is 5.29. The van der Waals surface area contributed by atoms with Crippen molar-refractivity contribution in [3.63, 3.8) is 0 Å². The number of ether oxygens (including phenoxy) is 2. The number of halogens is 1. The fourth-order valence-electron chi connectivity index (χ4n) is 1.22. The monoisotopic (exact) mass is 286 g/mol. The first-order chi connectivity index (χ1) is 7.56. The van der Waals surface area contributed by atoms with Gasteiger partial charge < -0.3 is 9.47 Å². The largest absolute Gasteiger partial charge is 0.493 e. The van der Waals surface area contributed by atoms with Crippen molar-refractivity contribution in [2.24, 2.45) is 5.41 Å². The van der Waals surface area contributed by atoms with Crippen LogP contribution < -0.4 is 4.74 Å². The van der Waals surface area contributed by atoms with Gasteiger partial charge in [-0.25, -0.2) is 0 Å². The van der Waals surface area contributed by atoms with E-state index in [2.05, 4.69) is 29.8 Å². The van der Waals surface area contributed by atoms with Gasteiger partial charge in [-0.05, 0) is 19.1 Å². The molecule has 16 heavy (non-hydrogen) atoms. The lowest BCUT2D eigenvalue weighted by atomic mass is 9.96. The van der Waals surface area contributed by atoms with Crippen molar-refractivity contribution in [3.05, 3.63) is 30.3 Å². The van der Waals surface area contributed by atoms with Gasteiger partial charge in [0, 0.05) is 12.0 Å². The Balaban J connectivity index is 2.47. The van der Waals surface area contributed by atoms with E-state index in [4.69, 9.17) is 9.47 Å². The van der Waals surface area contributed by atoms with Gasteiger partial charge in [-0.3, -0.25) is 0 Å². The number of hydrogen-bond acceptors (Lipinski definition) is 2. The van der Waals surface area contributed by atoms with Crippen LogP contribution in [-0.4, -0.2) is 18.2 Å². The molecule has 0 N–H and O–H groups in total. The summed E-state index contributed by atoms with van der Waals surface area (Å²) in [4.78, 5) is 0. The third-order valence-corrected chi connectivity index (χ3v) is 3.79. The Hall–Kier alpha value is -0.540. The summed E-state index contributed by atoms with van der Waals surface area (Å²) in [6.07, 6.45) is 0. The van der Waals surface area contributed by atoms with Crippen LogP contribution in [-0.2, 0) is 4.74 Å². The second-order valence-electron chi connectivity index (χ2n) is 4.36. The van der Waals surface area contributed by atoms with Crippen LogP contribution >= 0.6 is 15.9 Å². The number of benzene rings is 1. The van der Waals surface area contributed by atoms with Gasteiger partial charge >= 0.3 is 0 Å². The molecular weight excluding hydrogens is 268 g/mol. The molecule has 0 amide bonds. The number of alkyl halides is 1. The van der Waals surface area contributed by atoms with Crippen molar-refractivity contribution in [1.29, 1.82) is 0 Å². The van der Waals surface area contributed by atoms with Crippen molar-refractivity contribution in [1.82, 2.24) is 0 Å². The summed E-state index contributed by atoms with van der Waals surface area (Å²) in [6, 6.07) is 9.83. The molecular formula is C13H19BrO2. The van der Waals surface area contributed by atoms with Crippen molar-refractivity contribution in [3.8, 4) is 5.75 Å². The summed E-state index contributed by atoms with van der Waals surface area (Å²) in [5, 5.41) is 0.00807. The van der Waals surface area contributed by atoms with E-state index < -0.39 is 0 Å². The Morgan fingerprint density at radius 1 is 1.25 bits per heavy atom. The molecule has 1 atom stereocenters. The third-order valence-electron chi connectivity index (χ3n) is 2.28. The Morgan fingerprint density at radius 2 is 1.88 bits per heavy atom. The van der Waals surface area contributed by atoms with E-state index in [0.29, 0.717) is 13.2 Å². The van der Waals surface area contributed by atoms with Gasteiger partial charge in [0.05, 0.1) is 6.61 Å². The summed E-state index contributed by atoms with van der Waals surface area (Å²) in [5.74, 6) is 0.895. The first-order valence-corrected chi connectivity index (χ1v) is 6.41. The minimum atomic E-state index is -0.0636.